The van der Waals surface area contributed by atoms with E-state index in [0.29, 0.717) is 5.69 Å². The molecule has 0 amide bonds. The van der Waals surface area contributed by atoms with E-state index >= 15 is 0 Å². The van der Waals surface area contributed by atoms with Crippen LogP contribution in [0, 0.1) is 0 Å². The molecule has 2 rings (SSSR count). The molecule has 6 nitrogen and oxygen atoms in total. The molecule has 0 radical (unpaired) electrons. The lowest BCUT2D eigenvalue weighted by atomic mass is 10.2. The van der Waals surface area contributed by atoms with E-state index in [9.17, 15) is 18.3 Å². The largest absolute Gasteiger partial charge is 0.491 e. The standard InChI is InChI=1S/C20H24F3N3O3.HI/c1-13(2)29-17-8-6-15(7-9-17)26-19(24)25-11-16(27)12-28-18-5-3-4-14(10-18)20(21,22)23;/h3-10,13,16,27H,11-12H2,1-2H3,(H3,24,25,26);1H. The Kier molecular flexibility index (Phi) is 10.2. The number of aliphatic hydroxyl groups is 1. The summed E-state index contributed by atoms with van der Waals surface area (Å²) in [5.74, 6) is 0.821. The number of halogens is 4. The molecule has 0 aromatic heterocycles. The molecule has 0 fully saturated rings. The second kappa shape index (κ2) is 11.8. The van der Waals surface area contributed by atoms with Crippen molar-refractivity contribution in [2.24, 2.45) is 10.7 Å². The first-order valence-electron chi connectivity index (χ1n) is 8.95. The van der Waals surface area contributed by atoms with Gasteiger partial charge >= 0.3 is 6.18 Å². The molecule has 0 aliphatic heterocycles. The van der Waals surface area contributed by atoms with E-state index in [0.717, 1.165) is 17.9 Å². The number of anilines is 1. The molecule has 4 N–H and O–H groups in total. The molecule has 30 heavy (non-hydrogen) atoms. The van der Waals surface area contributed by atoms with Crippen LogP contribution in [0.25, 0.3) is 0 Å². The molecule has 2 aromatic rings. The van der Waals surface area contributed by atoms with Gasteiger partial charge in [0.15, 0.2) is 5.96 Å². The molecule has 0 aliphatic carbocycles. The summed E-state index contributed by atoms with van der Waals surface area (Å²) in [7, 11) is 0. The van der Waals surface area contributed by atoms with Crippen LogP contribution in [0.3, 0.4) is 0 Å². The van der Waals surface area contributed by atoms with Crippen molar-refractivity contribution in [2.45, 2.75) is 32.2 Å². The highest BCUT2D eigenvalue weighted by Crippen LogP contribution is 2.31. The van der Waals surface area contributed by atoms with Crippen LogP contribution in [0.2, 0.25) is 0 Å². The Morgan fingerprint density at radius 1 is 1.13 bits per heavy atom. The summed E-state index contributed by atoms with van der Waals surface area (Å²) in [6.45, 7) is 3.56. The zero-order valence-electron chi connectivity index (χ0n) is 16.5. The van der Waals surface area contributed by atoms with Gasteiger partial charge in [-0.3, -0.25) is 4.99 Å². The van der Waals surface area contributed by atoms with E-state index < -0.39 is 17.8 Å². The minimum absolute atomic E-state index is 0. The maximum absolute atomic E-state index is 12.7. The van der Waals surface area contributed by atoms with Crippen LogP contribution >= 0.6 is 24.0 Å². The van der Waals surface area contributed by atoms with Gasteiger partial charge < -0.3 is 25.6 Å². The average Bonchev–Trinajstić information content (AvgIpc) is 2.65. The SMILES string of the molecule is CC(C)Oc1ccc(NC(N)=NCC(O)COc2cccc(C(F)(F)F)c2)cc1.I. The van der Waals surface area contributed by atoms with Crippen molar-refractivity contribution in [3.05, 3.63) is 54.1 Å². The Hall–Kier alpha value is -2.21. The average molecular weight is 539 g/mol. The van der Waals surface area contributed by atoms with Gasteiger partial charge in [0.2, 0.25) is 0 Å². The van der Waals surface area contributed by atoms with Gasteiger partial charge in [0.05, 0.1) is 18.2 Å². The van der Waals surface area contributed by atoms with Gasteiger partial charge in [-0.2, -0.15) is 13.2 Å². The highest BCUT2D eigenvalue weighted by atomic mass is 127. The number of nitrogens with two attached hydrogens (primary N) is 1. The minimum Gasteiger partial charge on any atom is -0.491 e. The second-order valence-corrected chi connectivity index (χ2v) is 6.53. The smallest absolute Gasteiger partial charge is 0.416 e. The number of rotatable bonds is 8. The van der Waals surface area contributed by atoms with Gasteiger partial charge in [0, 0.05) is 5.69 Å². The quantitative estimate of drug-likeness (QED) is 0.265. The molecule has 166 valence electrons. The summed E-state index contributed by atoms with van der Waals surface area (Å²) in [5, 5.41) is 12.8. The Bertz CT molecular complexity index is 815. The molecule has 0 spiro atoms. The number of nitrogens with zero attached hydrogens (tertiary/aromatic N) is 1. The van der Waals surface area contributed by atoms with E-state index in [2.05, 4.69) is 10.3 Å². The highest BCUT2D eigenvalue weighted by Gasteiger charge is 2.30. The molecule has 10 heteroatoms. The van der Waals surface area contributed by atoms with Crippen LogP contribution in [0.4, 0.5) is 18.9 Å². The molecule has 0 bridgehead atoms. The van der Waals surface area contributed by atoms with Crippen LogP contribution in [0.15, 0.2) is 53.5 Å². The first kappa shape index (κ1) is 25.8. The van der Waals surface area contributed by atoms with E-state index in [1.165, 1.54) is 12.1 Å². The second-order valence-electron chi connectivity index (χ2n) is 6.53. The van der Waals surface area contributed by atoms with Crippen molar-refractivity contribution in [3.8, 4) is 11.5 Å². The van der Waals surface area contributed by atoms with Gasteiger partial charge in [0.1, 0.15) is 24.2 Å². The lowest BCUT2D eigenvalue weighted by molar-refractivity contribution is -0.137. The number of hydrogen-bond acceptors (Lipinski definition) is 4. The fourth-order valence-corrected chi connectivity index (χ4v) is 2.29. The number of aliphatic imine (C=N–C) groups is 1. The minimum atomic E-state index is -4.46. The van der Waals surface area contributed by atoms with Crippen LogP contribution in [-0.2, 0) is 6.18 Å². The van der Waals surface area contributed by atoms with Gasteiger partial charge in [-0.25, -0.2) is 0 Å². The third-order valence-electron chi connectivity index (χ3n) is 3.57. The third-order valence-corrected chi connectivity index (χ3v) is 3.57. The zero-order valence-corrected chi connectivity index (χ0v) is 18.8. The molecular weight excluding hydrogens is 514 g/mol. The summed E-state index contributed by atoms with van der Waals surface area (Å²) in [6.07, 6.45) is -5.42. The number of benzene rings is 2. The number of hydrogen-bond donors (Lipinski definition) is 3. The fraction of sp³-hybridized carbons (Fsp3) is 0.350. The van der Waals surface area contributed by atoms with Crippen molar-refractivity contribution in [2.75, 3.05) is 18.5 Å². The Morgan fingerprint density at radius 3 is 2.40 bits per heavy atom. The van der Waals surface area contributed by atoms with E-state index in [1.54, 1.807) is 24.3 Å². The summed E-state index contributed by atoms with van der Waals surface area (Å²) >= 11 is 0. The molecule has 1 atom stereocenters. The Morgan fingerprint density at radius 2 is 1.80 bits per heavy atom. The lowest BCUT2D eigenvalue weighted by Gasteiger charge is -2.13. The summed E-state index contributed by atoms with van der Waals surface area (Å²) in [6, 6.07) is 11.6. The van der Waals surface area contributed by atoms with Crippen molar-refractivity contribution >= 4 is 35.6 Å². The van der Waals surface area contributed by atoms with E-state index in [1.807, 2.05) is 13.8 Å². The maximum Gasteiger partial charge on any atom is 0.416 e. The van der Waals surface area contributed by atoms with Crippen molar-refractivity contribution in [1.29, 1.82) is 0 Å². The van der Waals surface area contributed by atoms with Crippen LogP contribution < -0.4 is 20.5 Å². The molecule has 0 aliphatic rings. The molecular formula is C20H25F3IN3O3. The Labute approximate surface area is 190 Å². The van der Waals surface area contributed by atoms with Crippen LogP contribution in [-0.4, -0.2) is 36.4 Å². The molecule has 0 saturated carbocycles. The first-order chi connectivity index (χ1) is 13.6. The van der Waals surface area contributed by atoms with Gasteiger partial charge in [-0.15, -0.1) is 24.0 Å². The molecule has 0 saturated heterocycles. The summed E-state index contributed by atoms with van der Waals surface area (Å²) < 4.78 is 48.8. The Balaban J connectivity index is 0.00000450. The predicted octanol–water partition coefficient (Wildman–Crippen LogP) is 4.28. The zero-order chi connectivity index (χ0) is 21.4. The van der Waals surface area contributed by atoms with Crippen molar-refractivity contribution < 1.29 is 27.8 Å². The van der Waals surface area contributed by atoms with E-state index in [-0.39, 0.29) is 54.9 Å². The molecule has 2 aromatic carbocycles. The normalized spacial score (nSPS) is 12.8. The summed E-state index contributed by atoms with van der Waals surface area (Å²) in [5.41, 5.74) is 5.65. The first-order valence-corrected chi connectivity index (χ1v) is 8.95. The number of nitrogens with one attached hydrogen (secondary N) is 1. The maximum atomic E-state index is 12.7. The molecule has 0 heterocycles. The third kappa shape index (κ3) is 9.08. The van der Waals surface area contributed by atoms with Gasteiger partial charge in [0.25, 0.3) is 0 Å². The topological polar surface area (TPSA) is 89.1 Å². The number of ether oxygens (including phenoxy) is 2. The monoisotopic (exact) mass is 539 g/mol. The summed E-state index contributed by atoms with van der Waals surface area (Å²) in [4.78, 5) is 4.00. The van der Waals surface area contributed by atoms with E-state index in [4.69, 9.17) is 15.2 Å². The van der Waals surface area contributed by atoms with Crippen LogP contribution in [0.5, 0.6) is 11.5 Å². The molecule has 1 unspecified atom stereocenters. The lowest BCUT2D eigenvalue weighted by Crippen LogP contribution is -2.27. The number of alkyl halides is 3. The fourth-order valence-electron chi connectivity index (χ4n) is 2.29. The predicted molar refractivity (Wildman–Crippen MR) is 121 cm³/mol. The van der Waals surface area contributed by atoms with Crippen LogP contribution in [0.1, 0.15) is 19.4 Å². The van der Waals surface area contributed by atoms with Gasteiger partial charge in [-0.05, 0) is 56.3 Å². The van der Waals surface area contributed by atoms with Gasteiger partial charge in [-0.1, -0.05) is 6.07 Å². The van der Waals surface area contributed by atoms with Crippen molar-refractivity contribution in [3.63, 3.8) is 0 Å². The number of guanidine groups is 1. The van der Waals surface area contributed by atoms with Crippen molar-refractivity contribution in [1.82, 2.24) is 0 Å². The number of aliphatic hydroxyl groups excluding tert-OH is 1. The highest BCUT2D eigenvalue weighted by molar-refractivity contribution is 14.0.